The summed E-state index contributed by atoms with van der Waals surface area (Å²) in [6, 6.07) is 9.67. The molecule has 3 N–H and O–H groups in total. The first-order valence-corrected chi connectivity index (χ1v) is 9.02. The van der Waals surface area contributed by atoms with Crippen LogP contribution < -0.4 is 11.1 Å². The fourth-order valence-corrected chi connectivity index (χ4v) is 3.23. The van der Waals surface area contributed by atoms with Gasteiger partial charge in [-0.3, -0.25) is 9.59 Å². The van der Waals surface area contributed by atoms with Gasteiger partial charge in [0.2, 0.25) is 11.8 Å². The highest BCUT2D eigenvalue weighted by Gasteiger charge is 2.28. The third-order valence-electron chi connectivity index (χ3n) is 4.65. The Morgan fingerprint density at radius 2 is 2.04 bits per heavy atom. The Bertz CT molecular complexity index is 733. The number of rotatable bonds is 6. The van der Waals surface area contributed by atoms with Crippen LogP contribution in [0.1, 0.15) is 18.4 Å². The Morgan fingerprint density at radius 3 is 2.70 bits per heavy atom. The molecule has 146 valence electrons. The molecule has 2 heterocycles. The Hall–Kier alpha value is -2.38. The van der Waals surface area contributed by atoms with E-state index in [4.69, 9.17) is 5.73 Å². The second-order valence-corrected chi connectivity index (χ2v) is 6.55. The lowest BCUT2D eigenvalue weighted by atomic mass is 9.96. The number of hydrogen-bond donors (Lipinski definition) is 2. The number of nitrogens with zero attached hydrogens (tertiary/aromatic N) is 3. The van der Waals surface area contributed by atoms with E-state index in [1.807, 2.05) is 36.5 Å². The average Bonchev–Trinajstić information content (AvgIpc) is 3.21. The predicted molar refractivity (Wildman–Crippen MR) is 106 cm³/mol. The standard InChI is InChI=1S/C19H25N5O2.ClH/c20-8-10-21-19(26)16-3-1-11-23(14-16)18(25)13-15-4-6-17(7-5-15)24-12-2-9-22-24;/h2,4-7,9,12,16H,1,3,8,10-11,13-14,20H2,(H,21,26);1H. The Morgan fingerprint density at radius 1 is 1.26 bits per heavy atom. The highest BCUT2D eigenvalue weighted by molar-refractivity contribution is 5.85. The highest BCUT2D eigenvalue weighted by atomic mass is 35.5. The predicted octanol–water partition coefficient (Wildman–Crippen LogP) is 1.15. The van der Waals surface area contributed by atoms with E-state index in [-0.39, 0.29) is 30.1 Å². The normalized spacial score (nSPS) is 16.5. The molecule has 1 aromatic heterocycles. The van der Waals surface area contributed by atoms with Gasteiger partial charge in [0.05, 0.1) is 18.0 Å². The van der Waals surface area contributed by atoms with Crippen LogP contribution in [0.4, 0.5) is 0 Å². The van der Waals surface area contributed by atoms with Crippen molar-refractivity contribution >= 4 is 24.2 Å². The second-order valence-electron chi connectivity index (χ2n) is 6.55. The molecular formula is C19H26ClN5O2. The van der Waals surface area contributed by atoms with Crippen LogP contribution in [0.3, 0.4) is 0 Å². The molecule has 0 saturated carbocycles. The quantitative estimate of drug-likeness (QED) is 0.772. The number of hydrogen-bond acceptors (Lipinski definition) is 4. The van der Waals surface area contributed by atoms with Crippen molar-refractivity contribution < 1.29 is 9.59 Å². The van der Waals surface area contributed by atoms with Crippen LogP contribution in [0.5, 0.6) is 0 Å². The van der Waals surface area contributed by atoms with E-state index in [1.165, 1.54) is 0 Å². The van der Waals surface area contributed by atoms with Gasteiger partial charge in [0.1, 0.15) is 0 Å². The Labute approximate surface area is 165 Å². The zero-order valence-electron chi connectivity index (χ0n) is 15.2. The van der Waals surface area contributed by atoms with Gasteiger partial charge in [0, 0.05) is 38.6 Å². The van der Waals surface area contributed by atoms with Crippen molar-refractivity contribution in [2.75, 3.05) is 26.2 Å². The van der Waals surface area contributed by atoms with Crippen LogP contribution in [-0.4, -0.2) is 52.7 Å². The Balaban J connectivity index is 0.00000261. The molecule has 0 bridgehead atoms. The van der Waals surface area contributed by atoms with E-state index < -0.39 is 0 Å². The number of nitrogens with two attached hydrogens (primary N) is 1. The van der Waals surface area contributed by atoms with Crippen LogP contribution in [0.15, 0.2) is 42.7 Å². The summed E-state index contributed by atoms with van der Waals surface area (Å²) in [4.78, 5) is 26.5. The average molecular weight is 392 g/mol. The molecule has 1 atom stereocenters. The van der Waals surface area contributed by atoms with E-state index in [1.54, 1.807) is 15.8 Å². The maximum Gasteiger partial charge on any atom is 0.227 e. The van der Waals surface area contributed by atoms with Crippen molar-refractivity contribution in [3.8, 4) is 5.69 Å². The summed E-state index contributed by atoms with van der Waals surface area (Å²) >= 11 is 0. The lowest BCUT2D eigenvalue weighted by Gasteiger charge is -2.32. The second kappa shape index (κ2) is 10.1. The maximum absolute atomic E-state index is 12.6. The van der Waals surface area contributed by atoms with E-state index in [9.17, 15) is 9.59 Å². The van der Waals surface area contributed by atoms with Crippen LogP contribution >= 0.6 is 12.4 Å². The number of piperidine rings is 1. The van der Waals surface area contributed by atoms with E-state index in [0.717, 1.165) is 24.1 Å². The zero-order chi connectivity index (χ0) is 18.4. The highest BCUT2D eigenvalue weighted by Crippen LogP contribution is 2.18. The molecule has 7 nitrogen and oxygen atoms in total. The Kier molecular flexibility index (Phi) is 7.82. The topological polar surface area (TPSA) is 93.3 Å². The van der Waals surface area contributed by atoms with E-state index in [2.05, 4.69) is 10.4 Å². The molecule has 0 spiro atoms. The molecule has 1 aliphatic rings. The molecule has 1 unspecified atom stereocenters. The van der Waals surface area contributed by atoms with Crippen LogP contribution in [0.2, 0.25) is 0 Å². The summed E-state index contributed by atoms with van der Waals surface area (Å²) in [7, 11) is 0. The van der Waals surface area contributed by atoms with Gasteiger partial charge in [-0.05, 0) is 36.6 Å². The zero-order valence-corrected chi connectivity index (χ0v) is 16.0. The summed E-state index contributed by atoms with van der Waals surface area (Å²) in [5.74, 6) is -0.0777. The minimum absolute atomic E-state index is 0. The number of amides is 2. The number of aromatic nitrogens is 2. The summed E-state index contributed by atoms with van der Waals surface area (Å²) in [5, 5.41) is 7.01. The number of nitrogens with one attached hydrogen (secondary N) is 1. The first kappa shape index (κ1) is 20.9. The number of carbonyl (C=O) groups is 2. The molecule has 3 rings (SSSR count). The number of carbonyl (C=O) groups excluding carboxylic acids is 2. The van der Waals surface area contributed by atoms with Gasteiger partial charge in [-0.15, -0.1) is 12.4 Å². The van der Waals surface area contributed by atoms with Crippen LogP contribution in [0, 0.1) is 5.92 Å². The van der Waals surface area contributed by atoms with Gasteiger partial charge in [0.25, 0.3) is 0 Å². The van der Waals surface area contributed by atoms with Gasteiger partial charge < -0.3 is 16.0 Å². The van der Waals surface area contributed by atoms with Crippen molar-refractivity contribution in [1.29, 1.82) is 0 Å². The summed E-state index contributed by atoms with van der Waals surface area (Å²) < 4.78 is 1.78. The molecule has 2 amide bonds. The number of halogens is 1. The summed E-state index contributed by atoms with van der Waals surface area (Å²) in [6.07, 6.45) is 5.62. The molecule has 1 aliphatic heterocycles. The summed E-state index contributed by atoms with van der Waals surface area (Å²) in [5.41, 5.74) is 7.34. The van der Waals surface area contributed by atoms with Gasteiger partial charge >= 0.3 is 0 Å². The molecule has 0 aliphatic carbocycles. The molecule has 27 heavy (non-hydrogen) atoms. The molecular weight excluding hydrogens is 366 g/mol. The van der Waals surface area contributed by atoms with Crippen LogP contribution in [0.25, 0.3) is 5.69 Å². The lowest BCUT2D eigenvalue weighted by molar-refractivity contribution is -0.135. The SMILES string of the molecule is Cl.NCCNC(=O)C1CCCN(C(=O)Cc2ccc(-n3cccn3)cc2)C1. The minimum Gasteiger partial charge on any atom is -0.355 e. The van der Waals surface area contributed by atoms with Gasteiger partial charge in [-0.25, -0.2) is 4.68 Å². The fourth-order valence-electron chi connectivity index (χ4n) is 3.23. The third kappa shape index (κ3) is 5.55. The molecule has 8 heteroatoms. The monoisotopic (exact) mass is 391 g/mol. The summed E-state index contributed by atoms with van der Waals surface area (Å²) in [6.45, 7) is 2.10. The van der Waals surface area contributed by atoms with Gasteiger partial charge in [-0.2, -0.15) is 5.10 Å². The number of likely N-dealkylation sites (tertiary alicyclic amines) is 1. The molecule has 2 aromatic rings. The van der Waals surface area contributed by atoms with Crippen LogP contribution in [-0.2, 0) is 16.0 Å². The van der Waals surface area contributed by atoms with Crippen molar-refractivity contribution in [1.82, 2.24) is 20.0 Å². The first-order valence-electron chi connectivity index (χ1n) is 9.02. The maximum atomic E-state index is 12.6. The molecule has 1 saturated heterocycles. The van der Waals surface area contributed by atoms with E-state index >= 15 is 0 Å². The largest absolute Gasteiger partial charge is 0.355 e. The number of benzene rings is 1. The van der Waals surface area contributed by atoms with Crippen molar-refractivity contribution in [2.45, 2.75) is 19.3 Å². The lowest BCUT2D eigenvalue weighted by Crippen LogP contribution is -2.46. The van der Waals surface area contributed by atoms with Gasteiger partial charge in [0.15, 0.2) is 0 Å². The van der Waals surface area contributed by atoms with Crippen molar-refractivity contribution in [2.24, 2.45) is 11.7 Å². The first-order chi connectivity index (χ1) is 12.7. The van der Waals surface area contributed by atoms with Crippen molar-refractivity contribution in [3.05, 3.63) is 48.3 Å². The minimum atomic E-state index is -0.138. The van der Waals surface area contributed by atoms with E-state index in [0.29, 0.717) is 32.6 Å². The van der Waals surface area contributed by atoms with Gasteiger partial charge in [-0.1, -0.05) is 12.1 Å². The van der Waals surface area contributed by atoms with Crippen molar-refractivity contribution in [3.63, 3.8) is 0 Å². The smallest absolute Gasteiger partial charge is 0.227 e. The molecule has 0 radical (unpaired) electrons. The molecule has 1 fully saturated rings. The fraction of sp³-hybridized carbons (Fsp3) is 0.421. The third-order valence-corrected chi connectivity index (χ3v) is 4.65. The molecule has 1 aromatic carbocycles.